The highest BCUT2D eigenvalue weighted by molar-refractivity contribution is 5.94. The standard InChI is InChI=1S/C22H24N4O2/c1-22(2)12-19(25-21(27)15-8-10-23-11-9-15)18-14-24-26(20(18)13-22)16-4-6-17(28-3)7-5-16/h4-11,14,19H,12-13H2,1-3H3,(H,25,27). The molecule has 6 nitrogen and oxygen atoms in total. The Morgan fingerprint density at radius 3 is 2.57 bits per heavy atom. The predicted molar refractivity (Wildman–Crippen MR) is 107 cm³/mol. The van der Waals surface area contributed by atoms with Gasteiger partial charge in [-0.1, -0.05) is 13.8 Å². The van der Waals surface area contributed by atoms with Crippen molar-refractivity contribution in [2.45, 2.75) is 32.7 Å². The molecule has 0 aliphatic heterocycles. The van der Waals surface area contributed by atoms with E-state index in [1.165, 1.54) is 0 Å². The van der Waals surface area contributed by atoms with Crippen LogP contribution in [0.4, 0.5) is 0 Å². The third kappa shape index (κ3) is 3.50. The summed E-state index contributed by atoms with van der Waals surface area (Å²) in [5.74, 6) is 0.723. The molecule has 3 aromatic rings. The lowest BCUT2D eigenvalue weighted by Crippen LogP contribution is -2.36. The summed E-state index contributed by atoms with van der Waals surface area (Å²) in [7, 11) is 1.66. The van der Waals surface area contributed by atoms with Crippen LogP contribution in [0.15, 0.2) is 55.0 Å². The van der Waals surface area contributed by atoms with Crippen LogP contribution in [0.25, 0.3) is 5.69 Å². The van der Waals surface area contributed by atoms with Gasteiger partial charge in [0.15, 0.2) is 0 Å². The molecule has 0 bridgehead atoms. The highest BCUT2D eigenvalue weighted by Gasteiger charge is 2.36. The fourth-order valence-corrected chi connectivity index (χ4v) is 3.86. The summed E-state index contributed by atoms with van der Waals surface area (Å²) in [6, 6.07) is 11.2. The van der Waals surface area contributed by atoms with Gasteiger partial charge in [-0.15, -0.1) is 0 Å². The summed E-state index contributed by atoms with van der Waals surface area (Å²) in [4.78, 5) is 16.7. The number of carbonyl (C=O) groups is 1. The van der Waals surface area contributed by atoms with Crippen molar-refractivity contribution < 1.29 is 9.53 Å². The zero-order valence-electron chi connectivity index (χ0n) is 16.3. The molecular weight excluding hydrogens is 352 g/mol. The lowest BCUT2D eigenvalue weighted by Gasteiger charge is -2.36. The number of nitrogens with zero attached hydrogens (tertiary/aromatic N) is 3. The number of nitrogens with one attached hydrogen (secondary N) is 1. The third-order valence-corrected chi connectivity index (χ3v) is 5.24. The largest absolute Gasteiger partial charge is 0.497 e. The van der Waals surface area contributed by atoms with E-state index in [1.807, 2.05) is 35.1 Å². The minimum Gasteiger partial charge on any atom is -0.497 e. The van der Waals surface area contributed by atoms with E-state index in [0.29, 0.717) is 5.56 Å². The van der Waals surface area contributed by atoms with Crippen molar-refractivity contribution in [2.75, 3.05) is 7.11 Å². The van der Waals surface area contributed by atoms with Crippen molar-refractivity contribution in [1.29, 1.82) is 0 Å². The fourth-order valence-electron chi connectivity index (χ4n) is 3.86. The first-order valence-electron chi connectivity index (χ1n) is 9.39. The summed E-state index contributed by atoms with van der Waals surface area (Å²) in [5.41, 5.74) is 3.87. The van der Waals surface area contributed by atoms with E-state index >= 15 is 0 Å². The van der Waals surface area contributed by atoms with Crippen LogP contribution in [0, 0.1) is 5.41 Å². The number of hydrogen-bond acceptors (Lipinski definition) is 4. The molecule has 1 atom stereocenters. The van der Waals surface area contributed by atoms with Crippen LogP contribution in [-0.2, 0) is 6.42 Å². The van der Waals surface area contributed by atoms with Crippen LogP contribution in [0.1, 0.15) is 47.9 Å². The van der Waals surface area contributed by atoms with Crippen LogP contribution in [0.5, 0.6) is 5.75 Å². The molecule has 0 saturated heterocycles. The molecule has 0 saturated carbocycles. The van der Waals surface area contributed by atoms with Crippen molar-refractivity contribution in [1.82, 2.24) is 20.1 Å². The second-order valence-corrected chi connectivity index (χ2v) is 7.96. The number of hydrogen-bond donors (Lipinski definition) is 1. The zero-order valence-corrected chi connectivity index (χ0v) is 16.3. The van der Waals surface area contributed by atoms with E-state index in [4.69, 9.17) is 4.74 Å². The van der Waals surface area contributed by atoms with E-state index in [1.54, 1.807) is 31.6 Å². The Bertz CT molecular complexity index is 978. The van der Waals surface area contributed by atoms with Crippen molar-refractivity contribution in [2.24, 2.45) is 5.41 Å². The smallest absolute Gasteiger partial charge is 0.251 e. The minimum absolute atomic E-state index is 0.0491. The molecule has 0 fully saturated rings. The lowest BCUT2D eigenvalue weighted by atomic mass is 9.74. The monoisotopic (exact) mass is 376 g/mol. The van der Waals surface area contributed by atoms with E-state index < -0.39 is 0 Å². The van der Waals surface area contributed by atoms with Crippen LogP contribution < -0.4 is 10.1 Å². The van der Waals surface area contributed by atoms with Gasteiger partial charge in [-0.25, -0.2) is 4.68 Å². The molecule has 28 heavy (non-hydrogen) atoms. The molecule has 1 aliphatic rings. The molecule has 2 aromatic heterocycles. The van der Waals surface area contributed by atoms with Gasteiger partial charge in [0.05, 0.1) is 30.7 Å². The summed E-state index contributed by atoms with van der Waals surface area (Å²) in [5, 5.41) is 7.82. The molecule has 1 unspecified atom stereocenters. The summed E-state index contributed by atoms with van der Waals surface area (Å²) in [6.07, 6.45) is 6.91. The number of fused-ring (bicyclic) bond motifs is 1. The molecule has 6 heteroatoms. The van der Waals surface area contributed by atoms with E-state index in [0.717, 1.165) is 35.5 Å². The molecule has 1 aromatic carbocycles. The Hall–Kier alpha value is -3.15. The van der Waals surface area contributed by atoms with E-state index in [9.17, 15) is 4.79 Å². The third-order valence-electron chi connectivity index (χ3n) is 5.24. The molecular formula is C22H24N4O2. The summed E-state index contributed by atoms with van der Waals surface area (Å²) < 4.78 is 7.23. The second kappa shape index (κ2) is 7.11. The molecule has 0 spiro atoms. The number of rotatable bonds is 4. The number of ether oxygens (including phenoxy) is 1. The van der Waals surface area contributed by atoms with Crippen molar-refractivity contribution >= 4 is 5.91 Å². The number of aromatic nitrogens is 3. The minimum atomic E-state index is -0.0896. The number of carbonyl (C=O) groups excluding carboxylic acids is 1. The Kier molecular flexibility index (Phi) is 4.63. The van der Waals surface area contributed by atoms with Gasteiger partial charge in [-0.3, -0.25) is 9.78 Å². The topological polar surface area (TPSA) is 69.0 Å². The SMILES string of the molecule is COc1ccc(-n2ncc3c2CC(C)(C)CC3NC(=O)c2ccncc2)cc1. The Labute approximate surface area is 164 Å². The molecule has 0 radical (unpaired) electrons. The molecule has 144 valence electrons. The molecule has 2 heterocycles. The van der Waals surface area contributed by atoms with Crippen LogP contribution in [0.3, 0.4) is 0 Å². The van der Waals surface area contributed by atoms with Gasteiger partial charge >= 0.3 is 0 Å². The normalized spacial score (nSPS) is 17.6. The second-order valence-electron chi connectivity index (χ2n) is 7.96. The number of benzene rings is 1. The molecule has 1 amide bonds. The maximum atomic E-state index is 12.7. The summed E-state index contributed by atoms with van der Waals surface area (Å²) in [6.45, 7) is 4.46. The first kappa shape index (κ1) is 18.2. The Morgan fingerprint density at radius 2 is 1.89 bits per heavy atom. The number of amides is 1. The number of pyridine rings is 1. The van der Waals surface area contributed by atoms with Gasteiger partial charge in [0, 0.05) is 23.5 Å². The van der Waals surface area contributed by atoms with Gasteiger partial charge in [0.2, 0.25) is 0 Å². The van der Waals surface area contributed by atoms with E-state index in [-0.39, 0.29) is 17.4 Å². The van der Waals surface area contributed by atoms with Crippen LogP contribution in [0.2, 0.25) is 0 Å². The Balaban J connectivity index is 1.67. The Morgan fingerprint density at radius 1 is 1.18 bits per heavy atom. The maximum Gasteiger partial charge on any atom is 0.251 e. The zero-order chi connectivity index (χ0) is 19.7. The number of methoxy groups -OCH3 is 1. The van der Waals surface area contributed by atoms with Gasteiger partial charge in [0.25, 0.3) is 5.91 Å². The van der Waals surface area contributed by atoms with E-state index in [2.05, 4.69) is 29.2 Å². The first-order chi connectivity index (χ1) is 13.5. The predicted octanol–water partition coefficient (Wildman–Crippen LogP) is 3.72. The van der Waals surface area contributed by atoms with Crippen LogP contribution in [-0.4, -0.2) is 27.8 Å². The van der Waals surface area contributed by atoms with Crippen molar-refractivity contribution in [3.05, 3.63) is 71.8 Å². The quantitative estimate of drug-likeness (QED) is 0.753. The van der Waals surface area contributed by atoms with Crippen molar-refractivity contribution in [3.8, 4) is 11.4 Å². The van der Waals surface area contributed by atoms with Gasteiger partial charge in [-0.05, 0) is 54.7 Å². The van der Waals surface area contributed by atoms with Crippen molar-refractivity contribution in [3.63, 3.8) is 0 Å². The molecule has 1 N–H and O–H groups in total. The molecule has 4 rings (SSSR count). The highest BCUT2D eigenvalue weighted by atomic mass is 16.5. The molecule has 1 aliphatic carbocycles. The average Bonchev–Trinajstić information content (AvgIpc) is 3.11. The highest BCUT2D eigenvalue weighted by Crippen LogP contribution is 2.41. The van der Waals surface area contributed by atoms with Gasteiger partial charge in [0.1, 0.15) is 5.75 Å². The fraction of sp³-hybridized carbons (Fsp3) is 0.318. The first-order valence-corrected chi connectivity index (χ1v) is 9.39. The maximum absolute atomic E-state index is 12.7. The van der Waals surface area contributed by atoms with Crippen LogP contribution >= 0.6 is 0 Å². The lowest BCUT2D eigenvalue weighted by molar-refractivity contribution is 0.0919. The average molecular weight is 376 g/mol. The van der Waals surface area contributed by atoms with Gasteiger partial charge < -0.3 is 10.1 Å². The van der Waals surface area contributed by atoms with Gasteiger partial charge in [-0.2, -0.15) is 5.10 Å². The summed E-state index contributed by atoms with van der Waals surface area (Å²) >= 11 is 0.